The molecule has 0 radical (unpaired) electrons. The number of likely N-dealkylation sites (N-methyl/N-ethyl adjacent to an activating group) is 1. The van der Waals surface area contributed by atoms with E-state index in [2.05, 4.69) is 5.32 Å². The minimum absolute atomic E-state index is 0.0412. The minimum atomic E-state index is -1.00. The number of aryl methyl sites for hydroxylation is 1. The summed E-state index contributed by atoms with van der Waals surface area (Å²) < 4.78 is 0. The number of carbonyl (C=O) groups excluding carboxylic acids is 2. The Morgan fingerprint density at radius 2 is 1.57 bits per heavy atom. The fourth-order valence-corrected chi connectivity index (χ4v) is 6.02. The third kappa shape index (κ3) is 2.62. The van der Waals surface area contributed by atoms with Crippen molar-refractivity contribution in [2.75, 3.05) is 11.9 Å². The van der Waals surface area contributed by atoms with Gasteiger partial charge in [-0.1, -0.05) is 66.2 Å². The van der Waals surface area contributed by atoms with Gasteiger partial charge in [-0.2, -0.15) is 0 Å². The highest BCUT2D eigenvalue weighted by molar-refractivity contribution is 8.00. The standard InChI is InChI=1S/C25H22N2O2S/c1-16-12-14-18(15-13-16)30-22-23(28)26-21(17-8-4-3-5-9-17)25(22)19-10-6-7-11-20(19)27(2)24(25)29/h3-15,21-22H,1-2H3,(H,26,28). The first-order valence-corrected chi connectivity index (χ1v) is 10.9. The molecule has 4 nitrogen and oxygen atoms in total. The summed E-state index contributed by atoms with van der Waals surface area (Å²) in [6.45, 7) is 2.04. The van der Waals surface area contributed by atoms with Gasteiger partial charge in [0.2, 0.25) is 11.8 Å². The predicted molar refractivity (Wildman–Crippen MR) is 120 cm³/mol. The normalized spacial score (nSPS) is 24.9. The number of nitrogens with one attached hydrogen (secondary N) is 1. The molecule has 1 spiro atoms. The van der Waals surface area contributed by atoms with Gasteiger partial charge in [-0.15, -0.1) is 11.8 Å². The van der Waals surface area contributed by atoms with E-state index in [4.69, 9.17) is 0 Å². The Labute approximate surface area is 180 Å². The van der Waals surface area contributed by atoms with Crippen LogP contribution >= 0.6 is 11.8 Å². The van der Waals surface area contributed by atoms with Crippen molar-refractivity contribution in [2.45, 2.75) is 28.5 Å². The lowest BCUT2D eigenvalue weighted by atomic mass is 9.72. The number of carbonyl (C=O) groups is 2. The average Bonchev–Trinajstić information content (AvgIpc) is 3.19. The smallest absolute Gasteiger partial charge is 0.241 e. The summed E-state index contributed by atoms with van der Waals surface area (Å²) in [5, 5.41) is 2.60. The first-order valence-electron chi connectivity index (χ1n) is 10.00. The summed E-state index contributed by atoms with van der Waals surface area (Å²) in [5.74, 6) is -0.145. The van der Waals surface area contributed by atoms with E-state index in [1.165, 1.54) is 11.8 Å². The highest BCUT2D eigenvalue weighted by Gasteiger charge is 2.66. The monoisotopic (exact) mass is 414 g/mol. The second-order valence-corrected chi connectivity index (χ2v) is 9.09. The Morgan fingerprint density at radius 1 is 0.900 bits per heavy atom. The lowest BCUT2D eigenvalue weighted by molar-refractivity contribution is -0.125. The molecule has 5 rings (SSSR count). The third-order valence-corrected chi connectivity index (χ3v) is 7.54. The van der Waals surface area contributed by atoms with Crippen LogP contribution in [-0.4, -0.2) is 24.1 Å². The van der Waals surface area contributed by atoms with E-state index in [1.54, 1.807) is 11.9 Å². The molecule has 3 atom stereocenters. The number of hydrogen-bond donors (Lipinski definition) is 1. The molecule has 1 saturated heterocycles. The molecule has 1 N–H and O–H groups in total. The molecule has 2 aliphatic rings. The Morgan fingerprint density at radius 3 is 2.30 bits per heavy atom. The Hall–Kier alpha value is -3.05. The summed E-state index contributed by atoms with van der Waals surface area (Å²) >= 11 is 1.47. The number of amides is 2. The Balaban J connectivity index is 1.71. The zero-order valence-electron chi connectivity index (χ0n) is 16.8. The molecular weight excluding hydrogens is 392 g/mol. The van der Waals surface area contributed by atoms with E-state index in [-0.39, 0.29) is 11.8 Å². The van der Waals surface area contributed by atoms with Gasteiger partial charge in [0.1, 0.15) is 10.7 Å². The largest absolute Gasteiger partial charge is 0.347 e. The molecule has 0 bridgehead atoms. The SMILES string of the molecule is Cc1ccc(SC2C(=O)NC(c3ccccc3)C23C(=O)N(C)c2ccccc23)cc1. The highest BCUT2D eigenvalue weighted by Crippen LogP contribution is 2.57. The van der Waals surface area contributed by atoms with Crippen LogP contribution in [0, 0.1) is 6.92 Å². The second-order valence-electron chi connectivity index (χ2n) is 7.91. The molecule has 2 amide bonds. The summed E-state index contributed by atoms with van der Waals surface area (Å²) in [6, 6.07) is 25.3. The lowest BCUT2D eigenvalue weighted by Gasteiger charge is -2.33. The van der Waals surface area contributed by atoms with Gasteiger partial charge < -0.3 is 10.2 Å². The summed E-state index contributed by atoms with van der Waals surface area (Å²) in [6.07, 6.45) is 0. The van der Waals surface area contributed by atoms with Crippen LogP contribution in [0.25, 0.3) is 0 Å². The summed E-state index contributed by atoms with van der Waals surface area (Å²) in [4.78, 5) is 29.9. The summed E-state index contributed by atoms with van der Waals surface area (Å²) in [5.41, 5.74) is 2.88. The summed E-state index contributed by atoms with van der Waals surface area (Å²) in [7, 11) is 1.80. The number of para-hydroxylation sites is 1. The van der Waals surface area contributed by atoms with Gasteiger partial charge in [-0.3, -0.25) is 9.59 Å². The van der Waals surface area contributed by atoms with Crippen molar-refractivity contribution in [3.8, 4) is 0 Å². The van der Waals surface area contributed by atoms with Crippen LogP contribution in [-0.2, 0) is 15.0 Å². The van der Waals surface area contributed by atoms with Gasteiger partial charge in [0.25, 0.3) is 0 Å². The number of anilines is 1. The topological polar surface area (TPSA) is 49.4 Å². The molecule has 0 saturated carbocycles. The van der Waals surface area contributed by atoms with Crippen LogP contribution < -0.4 is 10.2 Å². The number of fused-ring (bicyclic) bond motifs is 2. The van der Waals surface area contributed by atoms with E-state index >= 15 is 0 Å². The first kappa shape index (κ1) is 18.9. The van der Waals surface area contributed by atoms with Crippen molar-refractivity contribution in [2.24, 2.45) is 0 Å². The molecule has 0 aromatic heterocycles. The molecule has 150 valence electrons. The van der Waals surface area contributed by atoms with E-state index in [0.717, 1.165) is 27.3 Å². The molecule has 3 aromatic rings. The highest BCUT2D eigenvalue weighted by atomic mass is 32.2. The molecule has 2 heterocycles. The van der Waals surface area contributed by atoms with Crippen LogP contribution in [0.3, 0.4) is 0 Å². The van der Waals surface area contributed by atoms with Crippen molar-refractivity contribution in [1.82, 2.24) is 5.32 Å². The maximum Gasteiger partial charge on any atom is 0.241 e. The van der Waals surface area contributed by atoms with E-state index in [1.807, 2.05) is 85.8 Å². The van der Waals surface area contributed by atoms with Crippen molar-refractivity contribution < 1.29 is 9.59 Å². The van der Waals surface area contributed by atoms with Crippen LogP contribution in [0.15, 0.2) is 83.8 Å². The van der Waals surface area contributed by atoms with Crippen molar-refractivity contribution in [1.29, 1.82) is 0 Å². The maximum absolute atomic E-state index is 13.9. The molecule has 30 heavy (non-hydrogen) atoms. The number of thioether (sulfide) groups is 1. The van der Waals surface area contributed by atoms with Gasteiger partial charge in [0.05, 0.1) is 6.04 Å². The maximum atomic E-state index is 13.9. The van der Waals surface area contributed by atoms with Crippen LogP contribution in [0.1, 0.15) is 22.7 Å². The second kappa shape index (κ2) is 7.03. The van der Waals surface area contributed by atoms with E-state index in [9.17, 15) is 9.59 Å². The molecule has 2 aliphatic heterocycles. The van der Waals surface area contributed by atoms with Gasteiger partial charge in [0.15, 0.2) is 0 Å². The van der Waals surface area contributed by atoms with Gasteiger partial charge in [-0.25, -0.2) is 0 Å². The lowest BCUT2D eigenvalue weighted by Crippen LogP contribution is -2.48. The van der Waals surface area contributed by atoms with Crippen LogP contribution in [0.2, 0.25) is 0 Å². The van der Waals surface area contributed by atoms with Crippen molar-refractivity contribution in [3.05, 3.63) is 95.6 Å². The zero-order valence-corrected chi connectivity index (χ0v) is 17.6. The fourth-order valence-electron chi connectivity index (χ4n) is 4.73. The number of benzene rings is 3. The van der Waals surface area contributed by atoms with E-state index < -0.39 is 16.7 Å². The molecule has 3 aromatic carbocycles. The molecular formula is C25H22N2O2S. The average molecular weight is 415 g/mol. The number of nitrogens with zero attached hydrogens (tertiary/aromatic N) is 1. The van der Waals surface area contributed by atoms with Crippen molar-refractivity contribution >= 4 is 29.3 Å². The van der Waals surface area contributed by atoms with Gasteiger partial charge in [0, 0.05) is 17.6 Å². The molecule has 1 fully saturated rings. The molecule has 3 unspecified atom stereocenters. The Bertz CT molecular complexity index is 1130. The van der Waals surface area contributed by atoms with Crippen molar-refractivity contribution in [3.63, 3.8) is 0 Å². The quantitative estimate of drug-likeness (QED) is 0.697. The number of rotatable bonds is 3. The van der Waals surface area contributed by atoms with E-state index in [0.29, 0.717) is 0 Å². The van der Waals surface area contributed by atoms with Crippen LogP contribution in [0.5, 0.6) is 0 Å². The zero-order chi connectivity index (χ0) is 20.9. The van der Waals surface area contributed by atoms with Gasteiger partial charge >= 0.3 is 0 Å². The first-order chi connectivity index (χ1) is 14.5. The predicted octanol–water partition coefficient (Wildman–Crippen LogP) is 4.24. The van der Waals surface area contributed by atoms with Crippen LogP contribution in [0.4, 0.5) is 5.69 Å². The molecule has 0 aliphatic carbocycles. The Kier molecular flexibility index (Phi) is 4.44. The fraction of sp³-hybridized carbons (Fsp3) is 0.200. The number of hydrogen-bond acceptors (Lipinski definition) is 3. The molecule has 5 heteroatoms. The van der Waals surface area contributed by atoms with Gasteiger partial charge in [-0.05, 0) is 36.2 Å². The third-order valence-electron chi connectivity index (χ3n) is 6.17. The minimum Gasteiger partial charge on any atom is -0.347 e.